The molecule has 3 aliphatic carbocycles. The van der Waals surface area contributed by atoms with Crippen LogP contribution in [0.1, 0.15) is 127 Å². The molecule has 14 rings (SSSR count). The van der Waals surface area contributed by atoms with Crippen molar-refractivity contribution in [2.24, 2.45) is 0 Å². The lowest BCUT2D eigenvalue weighted by Gasteiger charge is -2.45. The zero-order valence-electron chi connectivity index (χ0n) is 47.4. The van der Waals surface area contributed by atoms with Crippen LogP contribution in [0.4, 0.5) is 34.1 Å². The zero-order chi connectivity index (χ0) is 53.8. The second-order valence-corrected chi connectivity index (χ2v) is 26.1. The highest BCUT2D eigenvalue weighted by molar-refractivity contribution is 7.00. The molecule has 2 aliphatic heterocycles. The Balaban J connectivity index is 0.991. The van der Waals surface area contributed by atoms with Gasteiger partial charge in [-0.25, -0.2) is 0 Å². The highest BCUT2D eigenvalue weighted by Gasteiger charge is 2.46. The molecule has 5 aliphatic rings. The van der Waals surface area contributed by atoms with Crippen LogP contribution in [0.3, 0.4) is 0 Å². The molecule has 0 spiro atoms. The van der Waals surface area contributed by atoms with E-state index in [1.165, 1.54) is 140 Å². The number of benzene rings is 9. The molecule has 0 bridgehead atoms. The minimum atomic E-state index is -0.0920. The quantitative estimate of drug-likeness (QED) is 0.159. The summed E-state index contributed by atoms with van der Waals surface area (Å²) in [5.74, 6) is 0. The number of allylic oxidation sites excluding steroid dienone is 4. The van der Waals surface area contributed by atoms with Gasteiger partial charge in [-0.15, -0.1) is 0 Å². The van der Waals surface area contributed by atoms with Gasteiger partial charge in [-0.3, -0.25) is 0 Å². The molecule has 0 atom stereocenters. The summed E-state index contributed by atoms with van der Waals surface area (Å²) in [7, 11) is 0. The Labute approximate surface area is 463 Å². The molecule has 0 fully saturated rings. The standard InChI is InChI=1S/C75H69BN2/c1-46-41-67-71-68(42-46)78(64-38-33-49(43-57(64)47-21-13-12-14-22-47)54-26-20-30-61-70(54)56-24-16-18-28-59(56)75(61,10)11)66-40-35-51(73(5,6)7)45-63(66)76(71)62-44-50(72(2,3)4)34-39-65(62)77(67)52-36-31-48(32-37-52)53-25-19-29-60-69(53)55-23-15-17-27-58(55)74(60,8)9/h12-18,20-28,30-45H,19,29H2,1-11H3. The number of rotatable bonds is 5. The van der Waals surface area contributed by atoms with Gasteiger partial charge in [0.2, 0.25) is 0 Å². The lowest BCUT2D eigenvalue weighted by molar-refractivity contribution is 0.590. The number of nitrogens with zero attached hydrogens (tertiary/aromatic N) is 2. The van der Waals surface area contributed by atoms with E-state index in [9.17, 15) is 0 Å². The van der Waals surface area contributed by atoms with Crippen molar-refractivity contribution in [3.63, 3.8) is 0 Å². The lowest BCUT2D eigenvalue weighted by atomic mass is 9.33. The maximum atomic E-state index is 2.63. The molecule has 0 saturated carbocycles. The van der Waals surface area contributed by atoms with E-state index in [1.807, 2.05) is 0 Å². The van der Waals surface area contributed by atoms with Crippen LogP contribution in [0.2, 0.25) is 0 Å². The van der Waals surface area contributed by atoms with E-state index < -0.39 is 0 Å². The molecule has 0 saturated heterocycles. The fourth-order valence-electron chi connectivity index (χ4n) is 14.5. The van der Waals surface area contributed by atoms with Gasteiger partial charge in [0.15, 0.2) is 0 Å². The summed E-state index contributed by atoms with van der Waals surface area (Å²) in [6.07, 6.45) is 4.67. The SMILES string of the molecule is Cc1cc2c3c(c1)N(c1ccc(-c4cccc5c4-c4ccccc4C5(C)C)cc1-c1ccccc1)c1ccc(C(C)(C)C)cc1B3c1cc(C(C)(C)C)ccc1N2c1ccc(C2=CCCC3=C2c2ccccc2C3(C)C)cc1. The van der Waals surface area contributed by atoms with Crippen LogP contribution in [-0.2, 0) is 21.7 Å². The first kappa shape index (κ1) is 48.5. The molecule has 2 nitrogen and oxygen atoms in total. The fourth-order valence-corrected chi connectivity index (χ4v) is 14.5. The molecule has 78 heavy (non-hydrogen) atoms. The average molecular weight is 1010 g/mol. The molecule has 9 aromatic rings. The highest BCUT2D eigenvalue weighted by Crippen LogP contribution is 2.56. The average Bonchev–Trinajstić information content (AvgIpc) is 2.92. The normalized spacial score (nSPS) is 16.2. The third-order valence-electron chi connectivity index (χ3n) is 18.6. The molecule has 3 heteroatoms. The Bertz CT molecular complexity index is 4060. The lowest BCUT2D eigenvalue weighted by Crippen LogP contribution is -2.61. The van der Waals surface area contributed by atoms with Gasteiger partial charge < -0.3 is 9.80 Å². The first-order valence-corrected chi connectivity index (χ1v) is 28.5. The van der Waals surface area contributed by atoms with E-state index in [0.717, 1.165) is 12.8 Å². The van der Waals surface area contributed by atoms with Gasteiger partial charge in [-0.1, -0.05) is 220 Å². The second-order valence-electron chi connectivity index (χ2n) is 26.1. The number of fused-ring (bicyclic) bond motifs is 9. The molecular weight excluding hydrogens is 940 g/mol. The van der Waals surface area contributed by atoms with Crippen molar-refractivity contribution >= 4 is 68.4 Å². The van der Waals surface area contributed by atoms with Gasteiger partial charge in [-0.2, -0.15) is 0 Å². The van der Waals surface area contributed by atoms with Crippen LogP contribution in [0, 0.1) is 6.92 Å². The highest BCUT2D eigenvalue weighted by atomic mass is 15.2. The first-order chi connectivity index (χ1) is 37.4. The van der Waals surface area contributed by atoms with Crippen LogP contribution in [-0.4, -0.2) is 6.71 Å². The van der Waals surface area contributed by atoms with Gasteiger partial charge in [0.1, 0.15) is 0 Å². The van der Waals surface area contributed by atoms with Gasteiger partial charge in [0.25, 0.3) is 6.71 Å². The monoisotopic (exact) mass is 1010 g/mol. The summed E-state index contributed by atoms with van der Waals surface area (Å²) in [5.41, 5.74) is 34.0. The van der Waals surface area contributed by atoms with E-state index in [4.69, 9.17) is 0 Å². The third-order valence-corrected chi connectivity index (χ3v) is 18.6. The van der Waals surface area contributed by atoms with Crippen molar-refractivity contribution in [2.75, 3.05) is 9.80 Å². The molecule has 382 valence electrons. The first-order valence-electron chi connectivity index (χ1n) is 28.5. The van der Waals surface area contributed by atoms with Gasteiger partial charge >= 0.3 is 0 Å². The maximum Gasteiger partial charge on any atom is 0.252 e. The second kappa shape index (κ2) is 17.1. The van der Waals surface area contributed by atoms with Crippen LogP contribution in [0.15, 0.2) is 200 Å². The van der Waals surface area contributed by atoms with Gasteiger partial charge in [0.05, 0.1) is 5.69 Å². The Kier molecular flexibility index (Phi) is 10.6. The number of hydrogen-bond acceptors (Lipinski definition) is 2. The minimum absolute atomic E-state index is 0.00436. The van der Waals surface area contributed by atoms with Crippen molar-refractivity contribution in [3.05, 3.63) is 244 Å². The van der Waals surface area contributed by atoms with E-state index >= 15 is 0 Å². The molecule has 0 aromatic heterocycles. The molecule has 9 aromatic carbocycles. The smallest absolute Gasteiger partial charge is 0.252 e. The third kappa shape index (κ3) is 7.15. The number of aryl methyl sites for hydroxylation is 1. The van der Waals surface area contributed by atoms with E-state index in [-0.39, 0.29) is 28.4 Å². The Morgan fingerprint density at radius 3 is 1.65 bits per heavy atom. The predicted molar refractivity (Wildman–Crippen MR) is 335 cm³/mol. The molecule has 0 amide bonds. The molecule has 2 heterocycles. The molecule has 0 unspecified atom stereocenters. The maximum absolute atomic E-state index is 2.63. The number of hydrogen-bond donors (Lipinski definition) is 0. The van der Waals surface area contributed by atoms with Crippen molar-refractivity contribution in [1.29, 1.82) is 0 Å². The van der Waals surface area contributed by atoms with Crippen LogP contribution in [0.25, 0.3) is 44.5 Å². The Morgan fingerprint density at radius 2 is 0.987 bits per heavy atom. The van der Waals surface area contributed by atoms with E-state index in [2.05, 4.69) is 280 Å². The van der Waals surface area contributed by atoms with Crippen molar-refractivity contribution in [3.8, 4) is 33.4 Å². The predicted octanol–water partition coefficient (Wildman–Crippen LogP) is 18.2. The zero-order valence-corrected chi connectivity index (χ0v) is 47.4. The minimum Gasteiger partial charge on any atom is -0.311 e. The Morgan fingerprint density at radius 1 is 0.436 bits per heavy atom. The summed E-state index contributed by atoms with van der Waals surface area (Å²) in [4.78, 5) is 5.22. The number of anilines is 6. The van der Waals surface area contributed by atoms with Crippen LogP contribution in [0.5, 0.6) is 0 Å². The van der Waals surface area contributed by atoms with Crippen LogP contribution < -0.4 is 26.2 Å². The molecular formula is C75H69BN2. The van der Waals surface area contributed by atoms with E-state index in [1.54, 1.807) is 5.57 Å². The summed E-state index contributed by atoms with van der Waals surface area (Å²) in [6, 6.07) is 72.8. The molecule has 0 N–H and O–H groups in total. The van der Waals surface area contributed by atoms with Crippen molar-refractivity contribution < 1.29 is 0 Å². The molecule has 0 radical (unpaired) electrons. The largest absolute Gasteiger partial charge is 0.311 e. The summed E-state index contributed by atoms with van der Waals surface area (Å²) >= 11 is 0. The van der Waals surface area contributed by atoms with E-state index in [0.29, 0.717) is 0 Å². The topological polar surface area (TPSA) is 6.48 Å². The van der Waals surface area contributed by atoms with Gasteiger partial charge in [0, 0.05) is 44.8 Å². The summed E-state index contributed by atoms with van der Waals surface area (Å²) < 4.78 is 0. The summed E-state index contributed by atoms with van der Waals surface area (Å²) in [6.45, 7) is 26.0. The Hall–Kier alpha value is -7.88. The summed E-state index contributed by atoms with van der Waals surface area (Å²) in [5, 5.41) is 0. The van der Waals surface area contributed by atoms with Crippen molar-refractivity contribution in [2.45, 2.75) is 111 Å². The fraction of sp³-hybridized carbons (Fsp3) is 0.227. The van der Waals surface area contributed by atoms with Crippen LogP contribution >= 0.6 is 0 Å². The van der Waals surface area contributed by atoms with Crippen molar-refractivity contribution in [1.82, 2.24) is 0 Å². The van der Waals surface area contributed by atoms with Gasteiger partial charge in [-0.05, 0) is 179 Å².